The molecule has 0 spiro atoms. The average molecular weight is 259 g/mol. The van der Waals surface area contributed by atoms with E-state index in [9.17, 15) is 9.90 Å². The molecule has 2 aromatic rings. The molecular formula is C14H17N3O2. The summed E-state index contributed by atoms with van der Waals surface area (Å²) in [5.74, 6) is -0.229. The summed E-state index contributed by atoms with van der Waals surface area (Å²) in [7, 11) is 1.57. The molecule has 0 aliphatic heterocycles. The average Bonchev–Trinajstić information content (AvgIpc) is 2.95. The van der Waals surface area contributed by atoms with Crippen LogP contribution in [0.15, 0.2) is 36.5 Å². The van der Waals surface area contributed by atoms with Crippen LogP contribution < -0.4 is 5.32 Å². The zero-order valence-electron chi connectivity index (χ0n) is 11.0. The van der Waals surface area contributed by atoms with Crippen LogP contribution in [-0.4, -0.2) is 27.8 Å². The summed E-state index contributed by atoms with van der Waals surface area (Å²) in [6.45, 7) is 1.92. The third-order valence-corrected chi connectivity index (χ3v) is 2.98. The van der Waals surface area contributed by atoms with Crippen molar-refractivity contribution < 1.29 is 9.90 Å². The van der Waals surface area contributed by atoms with E-state index in [1.54, 1.807) is 24.0 Å². The molecule has 1 heterocycles. The van der Waals surface area contributed by atoms with Crippen LogP contribution in [0.3, 0.4) is 0 Å². The van der Waals surface area contributed by atoms with E-state index in [0.717, 1.165) is 11.3 Å². The molecule has 1 aromatic carbocycles. The number of para-hydroxylation sites is 1. The molecule has 0 fully saturated rings. The fourth-order valence-electron chi connectivity index (χ4n) is 1.91. The lowest BCUT2D eigenvalue weighted by molar-refractivity contribution is 0.0957. The smallest absolute Gasteiger partial charge is 0.271 e. The molecule has 0 aliphatic rings. The molecule has 2 N–H and O–H groups in total. The maximum absolute atomic E-state index is 11.5. The SMILES string of the molecule is CC[C@@H](O)c1ccccc1-n1ccc(C(=O)NC)n1. The van der Waals surface area contributed by atoms with E-state index in [-0.39, 0.29) is 5.91 Å². The number of benzene rings is 1. The quantitative estimate of drug-likeness (QED) is 0.877. The van der Waals surface area contributed by atoms with Crippen molar-refractivity contribution in [3.05, 3.63) is 47.8 Å². The highest BCUT2D eigenvalue weighted by molar-refractivity contribution is 5.91. The van der Waals surface area contributed by atoms with Crippen LogP contribution in [0.2, 0.25) is 0 Å². The summed E-state index contributed by atoms with van der Waals surface area (Å²) in [5.41, 5.74) is 1.94. The number of carbonyl (C=O) groups excluding carboxylic acids is 1. The third kappa shape index (κ3) is 2.66. The van der Waals surface area contributed by atoms with Gasteiger partial charge in [-0.05, 0) is 18.6 Å². The van der Waals surface area contributed by atoms with Crippen molar-refractivity contribution in [2.75, 3.05) is 7.05 Å². The highest BCUT2D eigenvalue weighted by atomic mass is 16.3. The molecule has 19 heavy (non-hydrogen) atoms. The minimum atomic E-state index is -0.538. The number of amides is 1. The van der Waals surface area contributed by atoms with Gasteiger partial charge in [0.1, 0.15) is 0 Å². The summed E-state index contributed by atoms with van der Waals surface area (Å²) in [6, 6.07) is 9.14. The second-order valence-corrected chi connectivity index (χ2v) is 4.21. The molecule has 2 rings (SSSR count). The largest absolute Gasteiger partial charge is 0.388 e. The van der Waals surface area contributed by atoms with Gasteiger partial charge in [0.15, 0.2) is 5.69 Å². The Kier molecular flexibility index (Phi) is 3.97. The molecule has 5 heteroatoms. The van der Waals surface area contributed by atoms with Gasteiger partial charge in [0.2, 0.25) is 0 Å². The number of carbonyl (C=O) groups is 1. The fraction of sp³-hybridized carbons (Fsp3) is 0.286. The van der Waals surface area contributed by atoms with Crippen LogP contribution in [0, 0.1) is 0 Å². The van der Waals surface area contributed by atoms with Crippen molar-refractivity contribution in [3.8, 4) is 5.69 Å². The number of rotatable bonds is 4. The molecule has 100 valence electrons. The minimum absolute atomic E-state index is 0.229. The van der Waals surface area contributed by atoms with E-state index in [1.165, 1.54) is 0 Å². The Morgan fingerprint density at radius 1 is 1.42 bits per heavy atom. The molecule has 1 aromatic heterocycles. The first-order valence-corrected chi connectivity index (χ1v) is 6.22. The van der Waals surface area contributed by atoms with E-state index < -0.39 is 6.10 Å². The predicted molar refractivity (Wildman–Crippen MR) is 72.2 cm³/mol. The summed E-state index contributed by atoms with van der Waals surface area (Å²) in [5, 5.41) is 16.8. The van der Waals surface area contributed by atoms with Gasteiger partial charge in [0, 0.05) is 18.8 Å². The lowest BCUT2D eigenvalue weighted by atomic mass is 10.1. The molecule has 0 bridgehead atoms. The second-order valence-electron chi connectivity index (χ2n) is 4.21. The van der Waals surface area contributed by atoms with Crippen molar-refractivity contribution in [2.24, 2.45) is 0 Å². The normalized spacial score (nSPS) is 12.2. The Morgan fingerprint density at radius 2 is 2.16 bits per heavy atom. The summed E-state index contributed by atoms with van der Waals surface area (Å²) < 4.78 is 1.61. The highest BCUT2D eigenvalue weighted by Gasteiger charge is 2.13. The van der Waals surface area contributed by atoms with Crippen LogP contribution >= 0.6 is 0 Å². The molecular weight excluding hydrogens is 242 g/mol. The topological polar surface area (TPSA) is 67.2 Å². The summed E-state index contributed by atoms with van der Waals surface area (Å²) >= 11 is 0. The van der Waals surface area contributed by atoms with Crippen molar-refractivity contribution in [1.29, 1.82) is 0 Å². The first-order chi connectivity index (χ1) is 9.17. The van der Waals surface area contributed by atoms with Gasteiger partial charge in [-0.3, -0.25) is 4.79 Å². The first-order valence-electron chi connectivity index (χ1n) is 6.22. The van der Waals surface area contributed by atoms with E-state index in [2.05, 4.69) is 10.4 Å². The van der Waals surface area contributed by atoms with Crippen LogP contribution in [0.1, 0.15) is 35.5 Å². The first kappa shape index (κ1) is 13.3. The van der Waals surface area contributed by atoms with Gasteiger partial charge in [-0.2, -0.15) is 5.10 Å². The fourth-order valence-corrected chi connectivity index (χ4v) is 1.91. The standard InChI is InChI=1S/C14H17N3O2/c1-3-13(18)10-6-4-5-7-12(10)17-9-8-11(16-17)14(19)15-2/h4-9,13,18H,3H2,1-2H3,(H,15,19)/t13-/m1/s1. The number of nitrogens with one attached hydrogen (secondary N) is 1. The van der Waals surface area contributed by atoms with Crippen molar-refractivity contribution in [1.82, 2.24) is 15.1 Å². The molecule has 1 amide bonds. The van der Waals surface area contributed by atoms with E-state index in [4.69, 9.17) is 0 Å². The van der Waals surface area contributed by atoms with Crippen LogP contribution in [0.5, 0.6) is 0 Å². The van der Waals surface area contributed by atoms with Gasteiger partial charge >= 0.3 is 0 Å². The van der Waals surface area contributed by atoms with Gasteiger partial charge < -0.3 is 10.4 Å². The Balaban J connectivity index is 2.42. The van der Waals surface area contributed by atoms with Crippen molar-refractivity contribution in [3.63, 3.8) is 0 Å². The molecule has 0 saturated heterocycles. The van der Waals surface area contributed by atoms with Crippen LogP contribution in [-0.2, 0) is 0 Å². The third-order valence-electron chi connectivity index (χ3n) is 2.98. The van der Waals surface area contributed by atoms with Gasteiger partial charge in [-0.15, -0.1) is 0 Å². The Hall–Kier alpha value is -2.14. The summed E-state index contributed by atoms with van der Waals surface area (Å²) in [4.78, 5) is 11.5. The van der Waals surface area contributed by atoms with Crippen molar-refractivity contribution >= 4 is 5.91 Å². The lowest BCUT2D eigenvalue weighted by Gasteiger charge is -2.13. The van der Waals surface area contributed by atoms with E-state index in [1.807, 2.05) is 31.2 Å². The van der Waals surface area contributed by atoms with Crippen LogP contribution in [0.4, 0.5) is 0 Å². The Bertz CT molecular complexity index is 578. The Labute approximate surface area is 111 Å². The van der Waals surface area contributed by atoms with E-state index >= 15 is 0 Å². The number of aromatic nitrogens is 2. The van der Waals surface area contributed by atoms with Crippen LogP contribution in [0.25, 0.3) is 5.69 Å². The molecule has 0 unspecified atom stereocenters. The molecule has 0 saturated carbocycles. The molecule has 5 nitrogen and oxygen atoms in total. The lowest BCUT2D eigenvalue weighted by Crippen LogP contribution is -2.18. The zero-order chi connectivity index (χ0) is 13.8. The van der Waals surface area contributed by atoms with E-state index in [0.29, 0.717) is 12.1 Å². The van der Waals surface area contributed by atoms with Gasteiger partial charge in [0.05, 0.1) is 11.8 Å². The van der Waals surface area contributed by atoms with Gasteiger partial charge in [-0.25, -0.2) is 4.68 Å². The van der Waals surface area contributed by atoms with Gasteiger partial charge in [0.25, 0.3) is 5.91 Å². The Morgan fingerprint density at radius 3 is 2.84 bits per heavy atom. The molecule has 0 aliphatic carbocycles. The molecule has 1 atom stereocenters. The second kappa shape index (κ2) is 5.67. The minimum Gasteiger partial charge on any atom is -0.388 e. The summed E-state index contributed by atoms with van der Waals surface area (Å²) in [6.07, 6.45) is 1.80. The maximum Gasteiger partial charge on any atom is 0.271 e. The number of hydrogen-bond acceptors (Lipinski definition) is 3. The highest BCUT2D eigenvalue weighted by Crippen LogP contribution is 2.23. The zero-order valence-corrected chi connectivity index (χ0v) is 11.0. The number of aliphatic hydroxyl groups is 1. The maximum atomic E-state index is 11.5. The number of aliphatic hydroxyl groups excluding tert-OH is 1. The van der Waals surface area contributed by atoms with Gasteiger partial charge in [-0.1, -0.05) is 25.1 Å². The number of hydrogen-bond donors (Lipinski definition) is 2. The number of nitrogens with zero attached hydrogens (tertiary/aromatic N) is 2. The van der Waals surface area contributed by atoms with Crippen molar-refractivity contribution in [2.45, 2.75) is 19.4 Å². The monoisotopic (exact) mass is 259 g/mol. The predicted octanol–water partition coefficient (Wildman–Crippen LogP) is 1.68. The molecule has 0 radical (unpaired) electrons.